The van der Waals surface area contributed by atoms with Crippen LogP contribution in [0.1, 0.15) is 11.1 Å². The van der Waals surface area contributed by atoms with Gasteiger partial charge in [-0.25, -0.2) is 0 Å². The van der Waals surface area contributed by atoms with Gasteiger partial charge < -0.3 is 15.4 Å². The quantitative estimate of drug-likeness (QED) is 0.810. The van der Waals surface area contributed by atoms with E-state index in [1.165, 1.54) is 5.56 Å². The van der Waals surface area contributed by atoms with Crippen molar-refractivity contribution in [2.24, 2.45) is 5.92 Å². The summed E-state index contributed by atoms with van der Waals surface area (Å²) in [7, 11) is 0. The number of carbonyl (C=O) groups excluding carboxylic acids is 1. The zero-order valence-electron chi connectivity index (χ0n) is 13.5. The van der Waals surface area contributed by atoms with E-state index in [4.69, 9.17) is 4.74 Å². The molecule has 1 fully saturated rings. The SMILES string of the molecule is Cl.O=C(NCCc1ccc(OCc2ccccc2)cc1)C1CNC1. The molecule has 5 heteroatoms. The molecule has 3 rings (SSSR count). The van der Waals surface area contributed by atoms with E-state index in [-0.39, 0.29) is 24.2 Å². The van der Waals surface area contributed by atoms with Gasteiger partial charge in [0.15, 0.2) is 0 Å². The molecule has 2 aromatic rings. The molecule has 1 amide bonds. The van der Waals surface area contributed by atoms with Gasteiger partial charge in [0, 0.05) is 19.6 Å². The molecule has 0 aliphatic carbocycles. The zero-order chi connectivity index (χ0) is 15.9. The molecule has 0 radical (unpaired) electrons. The number of halogens is 1. The molecule has 1 aliphatic heterocycles. The van der Waals surface area contributed by atoms with Crippen molar-refractivity contribution in [3.05, 3.63) is 65.7 Å². The first-order valence-corrected chi connectivity index (χ1v) is 8.05. The third kappa shape index (κ3) is 5.25. The van der Waals surface area contributed by atoms with Crippen LogP contribution in [-0.2, 0) is 17.8 Å². The van der Waals surface area contributed by atoms with Crippen molar-refractivity contribution >= 4 is 18.3 Å². The third-order valence-corrected chi connectivity index (χ3v) is 4.04. The topological polar surface area (TPSA) is 50.4 Å². The lowest BCUT2D eigenvalue weighted by atomic mass is 10.0. The van der Waals surface area contributed by atoms with Crippen molar-refractivity contribution in [1.82, 2.24) is 10.6 Å². The molecule has 0 spiro atoms. The Morgan fingerprint density at radius 3 is 2.38 bits per heavy atom. The molecule has 1 saturated heterocycles. The van der Waals surface area contributed by atoms with Crippen LogP contribution in [0.25, 0.3) is 0 Å². The third-order valence-electron chi connectivity index (χ3n) is 4.04. The van der Waals surface area contributed by atoms with E-state index >= 15 is 0 Å². The molecule has 4 nitrogen and oxygen atoms in total. The Labute approximate surface area is 149 Å². The van der Waals surface area contributed by atoms with Gasteiger partial charge in [-0.3, -0.25) is 4.79 Å². The average Bonchev–Trinajstić information content (AvgIpc) is 2.53. The normalized spacial score (nSPS) is 13.5. The number of hydrogen-bond donors (Lipinski definition) is 2. The van der Waals surface area contributed by atoms with Crippen LogP contribution in [0, 0.1) is 5.92 Å². The minimum Gasteiger partial charge on any atom is -0.489 e. The Balaban J connectivity index is 0.00000208. The van der Waals surface area contributed by atoms with Crippen LogP contribution in [0.4, 0.5) is 0 Å². The second-order valence-corrected chi connectivity index (χ2v) is 5.81. The minimum atomic E-state index is 0. The first-order valence-electron chi connectivity index (χ1n) is 8.05. The predicted molar refractivity (Wildman–Crippen MR) is 97.5 cm³/mol. The van der Waals surface area contributed by atoms with Crippen LogP contribution in [0.15, 0.2) is 54.6 Å². The Morgan fingerprint density at radius 2 is 1.75 bits per heavy atom. The van der Waals surface area contributed by atoms with Crippen molar-refractivity contribution in [2.45, 2.75) is 13.0 Å². The highest BCUT2D eigenvalue weighted by atomic mass is 35.5. The highest BCUT2D eigenvalue weighted by molar-refractivity contribution is 5.85. The molecule has 0 aromatic heterocycles. The molecule has 128 valence electrons. The van der Waals surface area contributed by atoms with Crippen LogP contribution >= 0.6 is 12.4 Å². The molecule has 0 unspecified atom stereocenters. The lowest BCUT2D eigenvalue weighted by Gasteiger charge is -2.25. The van der Waals surface area contributed by atoms with E-state index in [1.807, 2.05) is 30.3 Å². The molecule has 0 bridgehead atoms. The Bertz CT molecular complexity index is 628. The largest absolute Gasteiger partial charge is 0.489 e. The Morgan fingerprint density at radius 1 is 1.04 bits per heavy atom. The maximum absolute atomic E-state index is 11.7. The summed E-state index contributed by atoms with van der Waals surface area (Å²) >= 11 is 0. The monoisotopic (exact) mass is 346 g/mol. The van der Waals surface area contributed by atoms with Gasteiger partial charge in [0.25, 0.3) is 0 Å². The van der Waals surface area contributed by atoms with Gasteiger partial charge >= 0.3 is 0 Å². The summed E-state index contributed by atoms with van der Waals surface area (Å²) in [6.07, 6.45) is 0.838. The van der Waals surface area contributed by atoms with E-state index in [1.54, 1.807) is 0 Å². The lowest BCUT2D eigenvalue weighted by molar-refractivity contribution is -0.126. The summed E-state index contributed by atoms with van der Waals surface area (Å²) in [5.41, 5.74) is 2.36. The van der Waals surface area contributed by atoms with E-state index < -0.39 is 0 Å². The Kier molecular flexibility index (Phi) is 7.09. The zero-order valence-corrected chi connectivity index (χ0v) is 14.4. The summed E-state index contributed by atoms with van der Waals surface area (Å²) in [4.78, 5) is 11.7. The Hall–Kier alpha value is -2.04. The van der Waals surface area contributed by atoms with Gasteiger partial charge in [-0.2, -0.15) is 0 Å². The maximum atomic E-state index is 11.7. The molecular formula is C19H23ClN2O2. The summed E-state index contributed by atoms with van der Waals surface area (Å²) in [6.45, 7) is 2.86. The highest BCUT2D eigenvalue weighted by Gasteiger charge is 2.23. The van der Waals surface area contributed by atoms with E-state index in [0.717, 1.165) is 30.8 Å². The molecule has 1 heterocycles. The fraction of sp³-hybridized carbons (Fsp3) is 0.316. The second kappa shape index (κ2) is 9.30. The predicted octanol–water partition coefficient (Wildman–Crippen LogP) is 2.57. The number of ether oxygens (including phenoxy) is 1. The fourth-order valence-electron chi connectivity index (χ4n) is 2.44. The van der Waals surface area contributed by atoms with Gasteiger partial charge in [-0.15, -0.1) is 12.4 Å². The first kappa shape index (κ1) is 18.3. The molecule has 2 N–H and O–H groups in total. The van der Waals surface area contributed by atoms with Crippen LogP contribution < -0.4 is 15.4 Å². The van der Waals surface area contributed by atoms with Gasteiger partial charge in [0.05, 0.1) is 5.92 Å². The van der Waals surface area contributed by atoms with Crippen molar-refractivity contribution in [3.8, 4) is 5.75 Å². The molecule has 0 atom stereocenters. The average molecular weight is 347 g/mol. The summed E-state index contributed by atoms with van der Waals surface area (Å²) in [6, 6.07) is 18.2. The van der Waals surface area contributed by atoms with Crippen molar-refractivity contribution < 1.29 is 9.53 Å². The minimum absolute atomic E-state index is 0. The standard InChI is InChI=1S/C19H22N2O2.ClH/c22-19(17-12-20-13-17)21-11-10-15-6-8-18(9-7-15)23-14-16-4-2-1-3-5-16;/h1-9,17,20H,10-14H2,(H,21,22);1H. The van der Waals surface area contributed by atoms with Crippen molar-refractivity contribution in [1.29, 1.82) is 0 Å². The molecular weight excluding hydrogens is 324 g/mol. The number of hydrogen-bond acceptors (Lipinski definition) is 3. The first-order chi connectivity index (χ1) is 11.3. The van der Waals surface area contributed by atoms with Crippen LogP contribution in [0.3, 0.4) is 0 Å². The molecule has 24 heavy (non-hydrogen) atoms. The summed E-state index contributed by atoms with van der Waals surface area (Å²) in [5, 5.41) is 6.09. The number of amides is 1. The van der Waals surface area contributed by atoms with Gasteiger partial charge in [0.1, 0.15) is 12.4 Å². The number of rotatable bonds is 7. The highest BCUT2D eigenvalue weighted by Crippen LogP contribution is 2.14. The van der Waals surface area contributed by atoms with Crippen molar-refractivity contribution in [3.63, 3.8) is 0 Å². The molecule has 2 aromatic carbocycles. The maximum Gasteiger partial charge on any atom is 0.225 e. The van der Waals surface area contributed by atoms with Crippen LogP contribution in [0.5, 0.6) is 5.75 Å². The summed E-state index contributed by atoms with van der Waals surface area (Å²) in [5.74, 6) is 1.18. The number of benzene rings is 2. The molecule has 0 saturated carbocycles. The van der Waals surface area contributed by atoms with E-state index in [0.29, 0.717) is 13.2 Å². The lowest BCUT2D eigenvalue weighted by Crippen LogP contribution is -2.51. The van der Waals surface area contributed by atoms with E-state index in [2.05, 4.69) is 34.9 Å². The smallest absolute Gasteiger partial charge is 0.225 e. The van der Waals surface area contributed by atoms with Crippen LogP contribution in [-0.4, -0.2) is 25.5 Å². The van der Waals surface area contributed by atoms with Crippen molar-refractivity contribution in [2.75, 3.05) is 19.6 Å². The second-order valence-electron chi connectivity index (χ2n) is 5.81. The fourth-order valence-corrected chi connectivity index (χ4v) is 2.44. The number of nitrogens with one attached hydrogen (secondary N) is 2. The van der Waals surface area contributed by atoms with E-state index in [9.17, 15) is 4.79 Å². The van der Waals surface area contributed by atoms with Gasteiger partial charge in [-0.1, -0.05) is 42.5 Å². The van der Waals surface area contributed by atoms with Crippen LogP contribution in [0.2, 0.25) is 0 Å². The van der Waals surface area contributed by atoms with Gasteiger partial charge in [0.2, 0.25) is 5.91 Å². The number of carbonyl (C=O) groups is 1. The van der Waals surface area contributed by atoms with Gasteiger partial charge in [-0.05, 0) is 29.7 Å². The summed E-state index contributed by atoms with van der Waals surface area (Å²) < 4.78 is 5.77. The molecule has 1 aliphatic rings.